The molecule has 0 radical (unpaired) electrons. The van der Waals surface area contributed by atoms with Gasteiger partial charge in [0.15, 0.2) is 0 Å². The summed E-state index contributed by atoms with van der Waals surface area (Å²) in [6.45, 7) is -1.95. The van der Waals surface area contributed by atoms with E-state index in [1.807, 2.05) is 0 Å². The summed E-state index contributed by atoms with van der Waals surface area (Å²) in [5.74, 6) is -2.40. The molecule has 3 aromatic heterocycles. The standard InChI is InChI=1S/C29H28F3N5O7S/c1-14-22-23(38)36(29(6-7-29)26(39)40)28(41)35(25(22)45-24(14)37-33-8-9-34-37)13-21(43-18-11-16-3-4-17(12-18)42-16)19-10-15(30)2-5-20(19)44-27(31)32/h2,5,8-10,16-18,21,27H,3-4,6-7,11-13H2,1H3,(H,39,40)/t16?,17?,18?,21-/m0/s1. The number of carboxylic acids is 1. The molecular formula is C29H28F3N5O7S. The van der Waals surface area contributed by atoms with Gasteiger partial charge in [-0.1, -0.05) is 11.3 Å². The highest BCUT2D eigenvalue weighted by atomic mass is 32.1. The summed E-state index contributed by atoms with van der Waals surface area (Å²) in [7, 11) is 0. The van der Waals surface area contributed by atoms with Crippen molar-refractivity contribution in [2.45, 2.75) is 88.6 Å². The van der Waals surface area contributed by atoms with E-state index in [4.69, 9.17) is 14.2 Å². The highest BCUT2D eigenvalue weighted by Crippen LogP contribution is 2.43. The maximum Gasteiger partial charge on any atom is 0.387 e. The van der Waals surface area contributed by atoms with Crippen LogP contribution in [-0.4, -0.2) is 60.1 Å². The minimum Gasteiger partial charge on any atom is -0.479 e. The average molecular weight is 648 g/mol. The van der Waals surface area contributed by atoms with Gasteiger partial charge in [0, 0.05) is 11.1 Å². The topological polar surface area (TPSA) is 140 Å². The molecule has 2 aliphatic heterocycles. The van der Waals surface area contributed by atoms with E-state index in [-0.39, 0.29) is 53.1 Å². The zero-order valence-electron chi connectivity index (χ0n) is 23.9. The van der Waals surface area contributed by atoms with Gasteiger partial charge in [-0.15, -0.1) is 4.80 Å². The number of carbonyl (C=O) groups is 1. The lowest BCUT2D eigenvalue weighted by molar-refractivity contribution is -0.142. The van der Waals surface area contributed by atoms with E-state index in [2.05, 4.69) is 10.2 Å². The number of fused-ring (bicyclic) bond motifs is 3. The molecule has 238 valence electrons. The largest absolute Gasteiger partial charge is 0.479 e. The van der Waals surface area contributed by atoms with Gasteiger partial charge in [0.2, 0.25) is 0 Å². The van der Waals surface area contributed by atoms with E-state index in [0.717, 1.165) is 46.9 Å². The van der Waals surface area contributed by atoms with E-state index in [1.165, 1.54) is 21.8 Å². The van der Waals surface area contributed by atoms with Crippen molar-refractivity contribution in [3.05, 3.63) is 68.4 Å². The molecule has 45 heavy (non-hydrogen) atoms. The number of hydrogen-bond donors (Lipinski definition) is 1. The summed E-state index contributed by atoms with van der Waals surface area (Å²) < 4.78 is 60.8. The summed E-state index contributed by atoms with van der Waals surface area (Å²) in [5.41, 5.74) is -3.06. The third kappa shape index (κ3) is 5.13. The van der Waals surface area contributed by atoms with E-state index >= 15 is 0 Å². The Kier molecular flexibility index (Phi) is 7.32. The molecule has 3 aliphatic rings. The monoisotopic (exact) mass is 647 g/mol. The number of alkyl halides is 2. The van der Waals surface area contributed by atoms with Gasteiger partial charge >= 0.3 is 18.3 Å². The van der Waals surface area contributed by atoms with Crippen LogP contribution in [0.2, 0.25) is 0 Å². The van der Waals surface area contributed by atoms with Crippen LogP contribution in [0.4, 0.5) is 13.2 Å². The minimum atomic E-state index is -3.22. The van der Waals surface area contributed by atoms with Crippen molar-refractivity contribution in [3.63, 3.8) is 0 Å². The fourth-order valence-electron chi connectivity index (χ4n) is 6.54. The van der Waals surface area contributed by atoms with Crippen LogP contribution >= 0.6 is 11.3 Å². The predicted molar refractivity (Wildman–Crippen MR) is 153 cm³/mol. The molecule has 2 unspecified atom stereocenters. The molecule has 2 saturated heterocycles. The van der Waals surface area contributed by atoms with Crippen molar-refractivity contribution in [1.82, 2.24) is 24.1 Å². The molecule has 1 N–H and O–H groups in total. The average Bonchev–Trinajstić information content (AvgIpc) is 3.28. The number of thiophene rings is 1. The van der Waals surface area contributed by atoms with Crippen molar-refractivity contribution in [2.75, 3.05) is 0 Å². The van der Waals surface area contributed by atoms with Gasteiger partial charge in [-0.25, -0.2) is 18.5 Å². The second-order valence-corrected chi connectivity index (χ2v) is 12.6. The van der Waals surface area contributed by atoms with Crippen molar-refractivity contribution < 1.29 is 37.3 Å². The van der Waals surface area contributed by atoms with Gasteiger partial charge in [-0.2, -0.15) is 19.0 Å². The zero-order valence-corrected chi connectivity index (χ0v) is 24.7. The quantitative estimate of drug-likeness (QED) is 0.272. The van der Waals surface area contributed by atoms with Crippen LogP contribution < -0.4 is 16.0 Å². The van der Waals surface area contributed by atoms with Crippen LogP contribution in [0, 0.1) is 12.7 Å². The molecule has 7 rings (SSSR count). The fourth-order valence-corrected chi connectivity index (χ4v) is 7.76. The molecule has 0 spiro atoms. The Bertz CT molecular complexity index is 1890. The lowest BCUT2D eigenvalue weighted by Gasteiger charge is -2.32. The molecule has 3 fully saturated rings. The van der Waals surface area contributed by atoms with Gasteiger partial charge < -0.3 is 19.3 Å². The molecule has 12 nitrogen and oxygen atoms in total. The fraction of sp³-hybridized carbons (Fsp3) is 0.483. The van der Waals surface area contributed by atoms with Gasteiger partial charge in [-0.05, 0) is 63.6 Å². The smallest absolute Gasteiger partial charge is 0.387 e. The summed E-state index contributed by atoms with van der Waals surface area (Å²) >= 11 is 1.04. The van der Waals surface area contributed by atoms with Crippen molar-refractivity contribution in [1.29, 1.82) is 0 Å². The number of benzene rings is 1. The second-order valence-electron chi connectivity index (χ2n) is 11.6. The van der Waals surface area contributed by atoms with Crippen LogP contribution in [0.3, 0.4) is 0 Å². The first-order chi connectivity index (χ1) is 21.6. The van der Waals surface area contributed by atoms with Crippen molar-refractivity contribution >= 4 is 27.5 Å². The van der Waals surface area contributed by atoms with Crippen LogP contribution in [0.25, 0.3) is 15.2 Å². The normalized spacial score (nSPS) is 22.6. The van der Waals surface area contributed by atoms with Gasteiger partial charge in [0.1, 0.15) is 33.0 Å². The molecule has 2 bridgehead atoms. The van der Waals surface area contributed by atoms with E-state index in [0.29, 0.717) is 23.4 Å². The second kappa shape index (κ2) is 11.1. The third-order valence-electron chi connectivity index (χ3n) is 8.82. The highest BCUT2D eigenvalue weighted by molar-refractivity contribution is 7.21. The molecule has 16 heteroatoms. The van der Waals surface area contributed by atoms with Gasteiger partial charge in [-0.3, -0.25) is 9.36 Å². The van der Waals surface area contributed by atoms with Crippen LogP contribution in [0.1, 0.15) is 55.8 Å². The number of halogens is 3. The van der Waals surface area contributed by atoms with Crippen LogP contribution in [-0.2, 0) is 26.4 Å². The lowest BCUT2D eigenvalue weighted by atomic mass is 10.0. The van der Waals surface area contributed by atoms with E-state index in [1.54, 1.807) is 6.92 Å². The molecule has 1 aliphatic carbocycles. The summed E-state index contributed by atoms with van der Waals surface area (Å²) in [5, 5.41) is 18.9. The maximum absolute atomic E-state index is 14.7. The molecule has 1 saturated carbocycles. The van der Waals surface area contributed by atoms with Crippen molar-refractivity contribution in [3.8, 4) is 10.8 Å². The third-order valence-corrected chi connectivity index (χ3v) is 10.1. The Morgan fingerprint density at radius 1 is 1.18 bits per heavy atom. The van der Waals surface area contributed by atoms with Gasteiger partial charge in [0.05, 0.1) is 42.6 Å². The first-order valence-electron chi connectivity index (χ1n) is 14.5. The van der Waals surface area contributed by atoms with E-state index < -0.39 is 47.4 Å². The lowest BCUT2D eigenvalue weighted by Crippen LogP contribution is -2.49. The Balaban J connectivity index is 1.42. The molecule has 0 amide bonds. The molecule has 3 atom stereocenters. The van der Waals surface area contributed by atoms with Crippen LogP contribution in [0.15, 0.2) is 40.2 Å². The molecule has 4 aromatic rings. The molecule has 1 aromatic carbocycles. The summed E-state index contributed by atoms with van der Waals surface area (Å²) in [6.07, 6.45) is 4.00. The predicted octanol–water partition coefficient (Wildman–Crippen LogP) is 3.90. The number of nitrogens with zero attached hydrogens (tertiary/aromatic N) is 5. The summed E-state index contributed by atoms with van der Waals surface area (Å²) in [6, 6.07) is 3.07. The number of rotatable bonds is 10. The number of carboxylic acid groups (broad SMARTS) is 1. The molecule has 5 heterocycles. The number of hydrogen-bond acceptors (Lipinski definition) is 9. The number of aromatic nitrogens is 5. The Hall–Kier alpha value is -4.02. The van der Waals surface area contributed by atoms with E-state index in [9.17, 15) is 32.7 Å². The maximum atomic E-state index is 14.7. The van der Waals surface area contributed by atoms with Crippen molar-refractivity contribution in [2.24, 2.45) is 0 Å². The first-order valence-corrected chi connectivity index (χ1v) is 15.3. The summed E-state index contributed by atoms with van der Waals surface area (Å²) in [4.78, 5) is 42.0. The Morgan fingerprint density at radius 3 is 2.49 bits per heavy atom. The Labute approximate surface area is 256 Å². The first kappa shape index (κ1) is 29.7. The number of aliphatic carboxylic acids is 1. The van der Waals surface area contributed by atoms with Gasteiger partial charge in [0.25, 0.3) is 5.56 Å². The minimum absolute atomic E-state index is 0.0515. The zero-order chi connectivity index (χ0) is 31.6. The number of ether oxygens (including phenoxy) is 3. The SMILES string of the molecule is Cc1c(-n2nccn2)sc2c1c(=O)n(C1(C(=O)O)CC1)c(=O)n2C[C@H](OC1CC2CCC(C1)O2)c1cc(F)ccc1OC(F)F. The Morgan fingerprint density at radius 2 is 1.87 bits per heavy atom. The molecular weight excluding hydrogens is 619 g/mol. The number of aryl methyl sites for hydroxylation is 1. The van der Waals surface area contributed by atoms with Crippen LogP contribution in [0.5, 0.6) is 5.75 Å². The highest BCUT2D eigenvalue weighted by Gasteiger charge is 2.55.